The molecule has 98 valence electrons. The minimum atomic E-state index is 0.884. The normalized spacial score (nSPS) is 11.3. The molecule has 2 heterocycles. The number of thiophene rings is 1. The van der Waals surface area contributed by atoms with E-state index in [2.05, 4.69) is 51.4 Å². The van der Waals surface area contributed by atoms with Crippen molar-refractivity contribution in [3.8, 4) is 0 Å². The average Bonchev–Trinajstić information content (AvgIpc) is 2.98. The number of nitrogens with one attached hydrogen (secondary N) is 1. The van der Waals surface area contributed by atoms with Crippen molar-refractivity contribution in [1.29, 1.82) is 0 Å². The molecule has 0 aliphatic carbocycles. The molecule has 0 aliphatic rings. The molecule has 0 amide bonds. The van der Waals surface area contributed by atoms with Gasteiger partial charge in [0.2, 0.25) is 0 Å². The molecule has 1 N–H and O–H groups in total. The van der Waals surface area contributed by atoms with E-state index < -0.39 is 0 Å². The summed E-state index contributed by atoms with van der Waals surface area (Å²) in [6.07, 6.45) is 0. The van der Waals surface area contributed by atoms with Crippen molar-refractivity contribution in [2.24, 2.45) is 0 Å². The number of hydrogen-bond acceptors (Lipinski definition) is 5. The minimum Gasteiger partial charge on any atom is -0.311 e. The number of rotatable bonds is 7. The molecule has 0 atom stereocenters. The molecule has 0 aromatic carbocycles. The maximum Gasteiger partial charge on any atom is 0.107 e. The van der Waals surface area contributed by atoms with Crippen molar-refractivity contribution in [1.82, 2.24) is 15.2 Å². The first-order chi connectivity index (χ1) is 8.78. The first kappa shape index (κ1) is 13.7. The number of thiazole rings is 1. The van der Waals surface area contributed by atoms with Crippen molar-refractivity contribution in [2.75, 3.05) is 13.6 Å². The van der Waals surface area contributed by atoms with Crippen molar-refractivity contribution < 1.29 is 0 Å². The Labute approximate surface area is 116 Å². The van der Waals surface area contributed by atoms with Crippen LogP contribution in [-0.4, -0.2) is 23.5 Å². The highest BCUT2D eigenvalue weighted by atomic mass is 32.1. The maximum absolute atomic E-state index is 4.63. The van der Waals surface area contributed by atoms with Crippen LogP contribution in [0.3, 0.4) is 0 Å². The van der Waals surface area contributed by atoms with Gasteiger partial charge in [0, 0.05) is 25.0 Å². The van der Waals surface area contributed by atoms with Crippen LogP contribution in [0.4, 0.5) is 0 Å². The minimum absolute atomic E-state index is 0.884. The molecule has 0 spiro atoms. The van der Waals surface area contributed by atoms with E-state index in [4.69, 9.17) is 0 Å². The zero-order chi connectivity index (χ0) is 12.8. The third kappa shape index (κ3) is 4.17. The lowest BCUT2D eigenvalue weighted by Gasteiger charge is -2.13. The summed E-state index contributed by atoms with van der Waals surface area (Å²) in [5, 5.41) is 11.0. The van der Waals surface area contributed by atoms with Gasteiger partial charge < -0.3 is 5.32 Å². The van der Waals surface area contributed by atoms with E-state index in [0.29, 0.717) is 0 Å². The number of nitrogens with zero attached hydrogens (tertiary/aromatic N) is 2. The van der Waals surface area contributed by atoms with E-state index in [-0.39, 0.29) is 0 Å². The highest BCUT2D eigenvalue weighted by Gasteiger charge is 2.06. The summed E-state index contributed by atoms with van der Waals surface area (Å²) < 4.78 is 0. The summed E-state index contributed by atoms with van der Waals surface area (Å²) >= 11 is 3.49. The fraction of sp³-hybridized carbons (Fsp3) is 0.462. The van der Waals surface area contributed by atoms with Crippen molar-refractivity contribution in [2.45, 2.75) is 26.6 Å². The SMILES string of the molecule is CCNCc1nc(CN(C)Cc2ccsc2)cs1. The quantitative estimate of drug-likeness (QED) is 0.846. The zero-order valence-electron chi connectivity index (χ0n) is 10.8. The number of hydrogen-bond donors (Lipinski definition) is 1. The maximum atomic E-state index is 4.63. The topological polar surface area (TPSA) is 28.2 Å². The Balaban J connectivity index is 1.83. The zero-order valence-corrected chi connectivity index (χ0v) is 12.5. The van der Waals surface area contributed by atoms with Crippen molar-refractivity contribution >= 4 is 22.7 Å². The Kier molecular flexibility index (Phi) is 5.31. The van der Waals surface area contributed by atoms with Crippen LogP contribution in [0.2, 0.25) is 0 Å². The second kappa shape index (κ2) is 6.99. The molecule has 0 saturated heterocycles. The Bertz CT molecular complexity index is 451. The van der Waals surface area contributed by atoms with E-state index in [1.807, 2.05) is 0 Å². The van der Waals surface area contributed by atoms with Crippen LogP contribution in [0.1, 0.15) is 23.2 Å². The van der Waals surface area contributed by atoms with Crippen LogP contribution in [0.15, 0.2) is 22.2 Å². The Morgan fingerprint density at radius 3 is 2.94 bits per heavy atom. The molecule has 3 nitrogen and oxygen atoms in total. The molecular weight excluding hydrogens is 262 g/mol. The smallest absolute Gasteiger partial charge is 0.107 e. The summed E-state index contributed by atoms with van der Waals surface area (Å²) in [5.41, 5.74) is 2.55. The highest BCUT2D eigenvalue weighted by Crippen LogP contribution is 2.13. The summed E-state index contributed by atoms with van der Waals surface area (Å²) in [5.74, 6) is 0. The van der Waals surface area contributed by atoms with Crippen LogP contribution in [0.25, 0.3) is 0 Å². The predicted molar refractivity (Wildman–Crippen MR) is 79.0 cm³/mol. The lowest BCUT2D eigenvalue weighted by Crippen LogP contribution is -2.17. The molecule has 0 bridgehead atoms. The predicted octanol–water partition coefficient (Wildman–Crippen LogP) is 2.95. The van der Waals surface area contributed by atoms with E-state index in [0.717, 1.165) is 26.2 Å². The van der Waals surface area contributed by atoms with Gasteiger partial charge in [0.25, 0.3) is 0 Å². The van der Waals surface area contributed by atoms with Gasteiger partial charge >= 0.3 is 0 Å². The Morgan fingerprint density at radius 2 is 2.22 bits per heavy atom. The highest BCUT2D eigenvalue weighted by molar-refractivity contribution is 7.09. The lowest BCUT2D eigenvalue weighted by atomic mass is 10.3. The Hall–Kier alpha value is -0.750. The molecule has 2 rings (SSSR count). The van der Waals surface area contributed by atoms with Crippen molar-refractivity contribution in [3.05, 3.63) is 38.5 Å². The lowest BCUT2D eigenvalue weighted by molar-refractivity contribution is 0.316. The molecule has 18 heavy (non-hydrogen) atoms. The molecule has 0 unspecified atom stereocenters. The van der Waals surface area contributed by atoms with Crippen LogP contribution in [0.5, 0.6) is 0 Å². The average molecular weight is 281 g/mol. The van der Waals surface area contributed by atoms with E-state index in [1.54, 1.807) is 22.7 Å². The first-order valence-corrected chi connectivity index (χ1v) is 7.93. The fourth-order valence-electron chi connectivity index (χ4n) is 1.76. The van der Waals surface area contributed by atoms with Crippen LogP contribution < -0.4 is 5.32 Å². The largest absolute Gasteiger partial charge is 0.311 e. The van der Waals surface area contributed by atoms with E-state index in [9.17, 15) is 0 Å². The second-order valence-electron chi connectivity index (χ2n) is 4.32. The first-order valence-electron chi connectivity index (χ1n) is 6.11. The monoisotopic (exact) mass is 281 g/mol. The van der Waals surface area contributed by atoms with E-state index >= 15 is 0 Å². The molecule has 0 saturated carbocycles. The van der Waals surface area contributed by atoms with Gasteiger partial charge in [0.05, 0.1) is 5.69 Å². The van der Waals surface area contributed by atoms with Gasteiger partial charge in [-0.25, -0.2) is 4.98 Å². The summed E-state index contributed by atoms with van der Waals surface area (Å²) in [6.45, 7) is 5.90. The van der Waals surface area contributed by atoms with Gasteiger partial charge in [-0.15, -0.1) is 11.3 Å². The third-order valence-corrected chi connectivity index (χ3v) is 4.22. The van der Waals surface area contributed by atoms with Crippen molar-refractivity contribution in [3.63, 3.8) is 0 Å². The van der Waals surface area contributed by atoms with Gasteiger partial charge in [-0.3, -0.25) is 4.90 Å². The fourth-order valence-corrected chi connectivity index (χ4v) is 3.18. The van der Waals surface area contributed by atoms with Gasteiger partial charge in [0.1, 0.15) is 5.01 Å². The molecule has 5 heteroatoms. The molecule has 2 aromatic heterocycles. The molecule has 0 fully saturated rings. The molecule has 0 radical (unpaired) electrons. The van der Waals surface area contributed by atoms with Gasteiger partial charge in [-0.1, -0.05) is 6.92 Å². The van der Waals surface area contributed by atoms with Gasteiger partial charge in [-0.2, -0.15) is 11.3 Å². The third-order valence-electron chi connectivity index (χ3n) is 2.59. The van der Waals surface area contributed by atoms with Gasteiger partial charge in [0.15, 0.2) is 0 Å². The summed E-state index contributed by atoms with van der Waals surface area (Å²) in [6, 6.07) is 2.18. The Morgan fingerprint density at radius 1 is 1.33 bits per heavy atom. The van der Waals surface area contributed by atoms with Crippen LogP contribution >= 0.6 is 22.7 Å². The number of aromatic nitrogens is 1. The molecule has 0 aliphatic heterocycles. The molecular formula is C13H19N3S2. The second-order valence-corrected chi connectivity index (χ2v) is 6.04. The van der Waals surface area contributed by atoms with Crippen LogP contribution in [0, 0.1) is 0 Å². The van der Waals surface area contributed by atoms with Gasteiger partial charge in [-0.05, 0) is 36.0 Å². The molecule has 2 aromatic rings. The van der Waals surface area contributed by atoms with E-state index in [1.165, 1.54) is 16.3 Å². The summed E-state index contributed by atoms with van der Waals surface area (Å²) in [7, 11) is 2.14. The van der Waals surface area contributed by atoms with Crippen LogP contribution in [-0.2, 0) is 19.6 Å². The standard InChI is InChI=1S/C13H19N3S2/c1-3-14-6-13-15-12(10-18-13)8-16(2)7-11-4-5-17-9-11/h4-5,9-10,14H,3,6-8H2,1-2H3. The summed E-state index contributed by atoms with van der Waals surface area (Å²) in [4.78, 5) is 6.93.